The van der Waals surface area contributed by atoms with Crippen LogP contribution in [-0.2, 0) is 0 Å². The van der Waals surface area contributed by atoms with Crippen LogP contribution in [0.4, 0.5) is 0 Å². The maximum absolute atomic E-state index is 12.2. The molecule has 0 radical (unpaired) electrons. The Kier molecular flexibility index (Phi) is 4.80. The number of nitro groups is 2. The lowest BCUT2D eigenvalue weighted by molar-refractivity contribution is -0.650. The third-order valence-corrected chi connectivity index (χ3v) is 4.84. The molecule has 0 spiro atoms. The van der Waals surface area contributed by atoms with E-state index in [1.807, 2.05) is 41.5 Å². The third-order valence-electron chi connectivity index (χ3n) is 4.84. The highest BCUT2D eigenvalue weighted by atomic mass is 16.6. The number of nitrogens with zero attached hydrogens (tertiary/aromatic N) is 2. The second kappa shape index (κ2) is 5.67. The molecule has 1 aliphatic rings. The van der Waals surface area contributed by atoms with Gasteiger partial charge in [0, 0.05) is 26.9 Å². The van der Waals surface area contributed by atoms with Crippen LogP contribution in [-0.4, -0.2) is 21.4 Å². The van der Waals surface area contributed by atoms with E-state index < -0.39 is 32.3 Å². The molecule has 0 aromatic carbocycles. The van der Waals surface area contributed by atoms with Gasteiger partial charge in [-0.15, -0.1) is 0 Å². The van der Waals surface area contributed by atoms with Crippen molar-refractivity contribution < 1.29 is 9.85 Å². The van der Waals surface area contributed by atoms with Crippen LogP contribution in [0.5, 0.6) is 0 Å². The Morgan fingerprint density at radius 2 is 1.38 bits per heavy atom. The first-order chi connectivity index (χ1) is 10.5. The average Bonchev–Trinajstić information content (AvgIpc) is 2.32. The zero-order chi connectivity index (χ0) is 19.3. The van der Waals surface area contributed by atoms with Crippen molar-refractivity contribution in [1.29, 1.82) is 0 Å². The summed E-state index contributed by atoms with van der Waals surface area (Å²) in [5, 5.41) is 24.2. The predicted octanol–water partition coefficient (Wildman–Crippen LogP) is 4.65. The van der Waals surface area contributed by atoms with E-state index in [9.17, 15) is 20.2 Å². The fraction of sp³-hybridized carbons (Fsp3) is 0.778. The first kappa shape index (κ1) is 20.3. The Balaban J connectivity index is 3.97. The van der Waals surface area contributed by atoms with Crippen molar-refractivity contribution in [3.05, 3.63) is 43.5 Å². The highest BCUT2D eigenvalue weighted by molar-refractivity contribution is 5.43. The molecular formula is C18H30N2O4. The predicted molar refractivity (Wildman–Crippen MR) is 95.0 cm³/mol. The van der Waals surface area contributed by atoms with Crippen molar-refractivity contribution in [3.63, 3.8) is 0 Å². The SMILES string of the molecule is CC(C)(C)C1=CC([N+](=O)[O-])(C(C)(C)C)C([N+](=O)[O-])C(C(C)(C)C)=C1. The Hall–Kier alpha value is -1.72. The largest absolute Gasteiger partial charge is 0.315 e. The van der Waals surface area contributed by atoms with Crippen LogP contribution in [0.15, 0.2) is 23.3 Å². The maximum atomic E-state index is 12.2. The lowest BCUT2D eigenvalue weighted by Gasteiger charge is -2.43. The number of hydrogen-bond donors (Lipinski definition) is 0. The monoisotopic (exact) mass is 338 g/mol. The van der Waals surface area contributed by atoms with Gasteiger partial charge in [-0.05, 0) is 16.4 Å². The minimum absolute atomic E-state index is 0.343. The zero-order valence-corrected chi connectivity index (χ0v) is 16.3. The molecule has 2 unspecified atom stereocenters. The first-order valence-electron chi connectivity index (χ1n) is 8.19. The van der Waals surface area contributed by atoms with Gasteiger partial charge in [-0.2, -0.15) is 0 Å². The summed E-state index contributed by atoms with van der Waals surface area (Å²) in [4.78, 5) is 23.2. The molecule has 136 valence electrons. The fourth-order valence-electron chi connectivity index (χ4n) is 3.23. The third kappa shape index (κ3) is 3.23. The normalized spacial score (nSPS) is 25.8. The van der Waals surface area contributed by atoms with Crippen LogP contribution in [0, 0.1) is 36.5 Å². The summed E-state index contributed by atoms with van der Waals surface area (Å²) in [5.74, 6) is 0. The van der Waals surface area contributed by atoms with E-state index >= 15 is 0 Å². The summed E-state index contributed by atoms with van der Waals surface area (Å²) in [6, 6.07) is -1.39. The second-order valence-corrected chi connectivity index (χ2v) is 9.72. The van der Waals surface area contributed by atoms with Gasteiger partial charge in [0.2, 0.25) is 0 Å². The van der Waals surface area contributed by atoms with Crippen molar-refractivity contribution >= 4 is 0 Å². The highest BCUT2D eigenvalue weighted by Crippen LogP contribution is 2.50. The molecule has 0 amide bonds. The molecule has 1 rings (SSSR count). The molecule has 1 aliphatic carbocycles. The quantitative estimate of drug-likeness (QED) is 0.541. The van der Waals surface area contributed by atoms with Gasteiger partial charge in [-0.25, -0.2) is 0 Å². The van der Waals surface area contributed by atoms with Crippen LogP contribution in [0.25, 0.3) is 0 Å². The van der Waals surface area contributed by atoms with Gasteiger partial charge in [0.25, 0.3) is 0 Å². The number of hydrogen-bond acceptors (Lipinski definition) is 4. The summed E-state index contributed by atoms with van der Waals surface area (Å²) >= 11 is 0. The molecule has 0 saturated heterocycles. The van der Waals surface area contributed by atoms with Crippen molar-refractivity contribution in [2.24, 2.45) is 16.2 Å². The molecule has 0 heterocycles. The van der Waals surface area contributed by atoms with Gasteiger partial charge in [-0.1, -0.05) is 68.4 Å². The molecule has 0 aromatic rings. The van der Waals surface area contributed by atoms with E-state index in [0.717, 1.165) is 5.57 Å². The molecule has 0 N–H and O–H groups in total. The Morgan fingerprint density at radius 1 is 0.917 bits per heavy atom. The Labute approximate surface area is 144 Å². The van der Waals surface area contributed by atoms with Gasteiger partial charge in [0.15, 0.2) is 0 Å². The lowest BCUT2D eigenvalue weighted by atomic mass is 9.59. The summed E-state index contributed by atoms with van der Waals surface area (Å²) in [6.07, 6.45) is 3.34. The van der Waals surface area contributed by atoms with Crippen molar-refractivity contribution in [3.8, 4) is 0 Å². The Morgan fingerprint density at radius 3 is 1.62 bits per heavy atom. The maximum Gasteiger partial charge on any atom is 0.315 e. The summed E-state index contributed by atoms with van der Waals surface area (Å²) in [5.41, 5.74) is -2.32. The van der Waals surface area contributed by atoms with Crippen LogP contribution < -0.4 is 0 Å². The van der Waals surface area contributed by atoms with E-state index in [-0.39, 0.29) is 5.41 Å². The van der Waals surface area contributed by atoms with Gasteiger partial charge in [-0.3, -0.25) is 20.2 Å². The Bertz CT molecular complexity index is 612. The molecule has 24 heavy (non-hydrogen) atoms. The average molecular weight is 338 g/mol. The molecule has 0 aliphatic heterocycles. The molecule has 2 atom stereocenters. The number of rotatable bonds is 2. The fourth-order valence-corrected chi connectivity index (χ4v) is 3.23. The van der Waals surface area contributed by atoms with Gasteiger partial charge in [0.1, 0.15) is 0 Å². The van der Waals surface area contributed by atoms with Crippen molar-refractivity contribution in [2.45, 2.75) is 73.9 Å². The lowest BCUT2D eigenvalue weighted by Crippen LogP contribution is -2.62. The minimum Gasteiger partial charge on any atom is -0.264 e. The molecule has 0 aromatic heterocycles. The van der Waals surface area contributed by atoms with Crippen LogP contribution in [0.2, 0.25) is 0 Å². The van der Waals surface area contributed by atoms with E-state index in [1.165, 1.54) is 6.08 Å². The van der Waals surface area contributed by atoms with Gasteiger partial charge in [0.05, 0.1) is 0 Å². The van der Waals surface area contributed by atoms with Gasteiger partial charge >= 0.3 is 11.6 Å². The van der Waals surface area contributed by atoms with Crippen molar-refractivity contribution in [2.75, 3.05) is 0 Å². The molecule has 6 nitrogen and oxygen atoms in total. The summed E-state index contributed by atoms with van der Waals surface area (Å²) in [6.45, 7) is 16.6. The smallest absolute Gasteiger partial charge is 0.264 e. The van der Waals surface area contributed by atoms with Crippen LogP contribution in [0.3, 0.4) is 0 Å². The minimum atomic E-state index is -1.80. The van der Waals surface area contributed by atoms with Crippen LogP contribution in [0.1, 0.15) is 62.3 Å². The standard InChI is InChI=1S/C18H30N2O4/c1-15(2,3)12-10-13(16(4,5)6)14(19(21)22)18(11-12,20(23)24)17(7,8)9/h10-11,14H,1-9H3. The van der Waals surface area contributed by atoms with E-state index in [1.54, 1.807) is 26.8 Å². The zero-order valence-electron chi connectivity index (χ0n) is 16.3. The molecule has 0 saturated carbocycles. The molecule has 6 heteroatoms. The molecule has 0 fully saturated rings. The highest BCUT2D eigenvalue weighted by Gasteiger charge is 2.68. The van der Waals surface area contributed by atoms with Gasteiger partial charge < -0.3 is 0 Å². The second-order valence-electron chi connectivity index (χ2n) is 9.72. The summed E-state index contributed by atoms with van der Waals surface area (Å²) < 4.78 is 0. The van der Waals surface area contributed by atoms with Crippen molar-refractivity contribution in [1.82, 2.24) is 0 Å². The topological polar surface area (TPSA) is 86.3 Å². The van der Waals surface area contributed by atoms with E-state index in [4.69, 9.17) is 0 Å². The molecule has 0 bridgehead atoms. The summed E-state index contributed by atoms with van der Waals surface area (Å²) in [7, 11) is 0. The first-order valence-corrected chi connectivity index (χ1v) is 8.19. The molecular weight excluding hydrogens is 308 g/mol. The van der Waals surface area contributed by atoms with Crippen LogP contribution >= 0.6 is 0 Å². The van der Waals surface area contributed by atoms with E-state index in [2.05, 4.69) is 0 Å². The van der Waals surface area contributed by atoms with E-state index in [0.29, 0.717) is 5.57 Å². The number of allylic oxidation sites excluding steroid dienone is 2.